The SMILES string of the molecule is CC1c2ccccc2N2c3c1ccnc3N1c3ccccc3C3(C)CC3(C)C12. The fourth-order valence-electron chi connectivity index (χ4n) is 6.51. The van der Waals surface area contributed by atoms with Gasteiger partial charge in [-0.15, -0.1) is 0 Å². The molecule has 138 valence electrons. The Morgan fingerprint density at radius 2 is 1.64 bits per heavy atom. The molecule has 28 heavy (non-hydrogen) atoms. The molecule has 3 aromatic rings. The molecule has 4 atom stereocenters. The molecule has 0 bridgehead atoms. The van der Waals surface area contributed by atoms with Crippen molar-refractivity contribution in [3.8, 4) is 0 Å². The van der Waals surface area contributed by atoms with Crippen molar-refractivity contribution in [1.29, 1.82) is 0 Å². The molecule has 2 aromatic carbocycles. The normalized spacial score (nSPS) is 32.8. The van der Waals surface area contributed by atoms with Crippen LogP contribution in [-0.4, -0.2) is 11.1 Å². The van der Waals surface area contributed by atoms with Gasteiger partial charge in [-0.1, -0.05) is 57.2 Å². The van der Waals surface area contributed by atoms with E-state index in [1.165, 1.54) is 40.2 Å². The molecule has 0 spiro atoms. The van der Waals surface area contributed by atoms with Crippen LogP contribution in [0.4, 0.5) is 22.9 Å². The van der Waals surface area contributed by atoms with Gasteiger partial charge in [0.1, 0.15) is 6.17 Å². The van der Waals surface area contributed by atoms with Crippen molar-refractivity contribution in [1.82, 2.24) is 4.98 Å². The molecule has 4 aliphatic rings. The lowest BCUT2D eigenvalue weighted by atomic mass is 9.80. The van der Waals surface area contributed by atoms with E-state index in [9.17, 15) is 0 Å². The lowest BCUT2D eigenvalue weighted by Gasteiger charge is -2.45. The number of benzene rings is 2. The number of para-hydroxylation sites is 2. The fraction of sp³-hybridized carbons (Fsp3) is 0.320. The maximum absolute atomic E-state index is 4.93. The van der Waals surface area contributed by atoms with Crippen LogP contribution in [0.3, 0.4) is 0 Å². The molecule has 0 saturated heterocycles. The smallest absolute Gasteiger partial charge is 0.159 e. The van der Waals surface area contributed by atoms with Gasteiger partial charge in [0.2, 0.25) is 0 Å². The second kappa shape index (κ2) is 4.43. The topological polar surface area (TPSA) is 19.4 Å². The van der Waals surface area contributed by atoms with Gasteiger partial charge in [0, 0.05) is 34.3 Å². The van der Waals surface area contributed by atoms with Crippen LogP contribution in [0.25, 0.3) is 0 Å². The number of hydrogen-bond acceptors (Lipinski definition) is 3. The molecule has 3 nitrogen and oxygen atoms in total. The standard InChI is InChI=1S/C25H23N3/c1-15-16-8-4-6-10-19(16)27-21-17(15)12-13-26-22(21)28-20-11-7-5-9-18(20)24(2)14-25(24,3)23(27)28/h4-13,15,23H,14H2,1-3H3. The second-order valence-electron chi connectivity index (χ2n) is 9.41. The Morgan fingerprint density at radius 1 is 0.893 bits per heavy atom. The highest BCUT2D eigenvalue weighted by Gasteiger charge is 2.73. The number of pyridine rings is 1. The Bertz CT molecular complexity index is 1180. The summed E-state index contributed by atoms with van der Waals surface area (Å²) in [6.45, 7) is 7.27. The van der Waals surface area contributed by atoms with E-state index in [2.05, 4.69) is 85.2 Å². The second-order valence-corrected chi connectivity index (χ2v) is 9.41. The van der Waals surface area contributed by atoms with Crippen LogP contribution in [0.2, 0.25) is 0 Å². The Labute approximate surface area is 165 Å². The van der Waals surface area contributed by atoms with Gasteiger partial charge in [0.05, 0.1) is 5.69 Å². The third kappa shape index (κ3) is 1.40. The molecule has 0 radical (unpaired) electrons. The molecular weight excluding hydrogens is 342 g/mol. The zero-order chi connectivity index (χ0) is 18.8. The number of rotatable bonds is 0. The minimum atomic E-state index is 0.201. The van der Waals surface area contributed by atoms with Crippen molar-refractivity contribution < 1.29 is 0 Å². The first-order valence-corrected chi connectivity index (χ1v) is 10.3. The van der Waals surface area contributed by atoms with E-state index in [0.29, 0.717) is 5.92 Å². The average molecular weight is 365 g/mol. The summed E-state index contributed by atoms with van der Waals surface area (Å²) in [6, 6.07) is 20.2. The predicted octanol–water partition coefficient (Wildman–Crippen LogP) is 5.84. The Morgan fingerprint density at radius 3 is 2.50 bits per heavy atom. The van der Waals surface area contributed by atoms with Crippen LogP contribution >= 0.6 is 0 Å². The van der Waals surface area contributed by atoms with Crippen LogP contribution in [0, 0.1) is 5.41 Å². The Hall–Kier alpha value is -2.81. The maximum atomic E-state index is 4.93. The van der Waals surface area contributed by atoms with E-state index in [4.69, 9.17) is 4.98 Å². The predicted molar refractivity (Wildman–Crippen MR) is 113 cm³/mol. The third-order valence-electron chi connectivity index (χ3n) is 8.21. The molecule has 7 rings (SSSR count). The molecule has 0 N–H and O–H groups in total. The van der Waals surface area contributed by atoms with Gasteiger partial charge < -0.3 is 9.80 Å². The lowest BCUT2D eigenvalue weighted by Crippen LogP contribution is -2.50. The van der Waals surface area contributed by atoms with E-state index in [1.807, 2.05) is 6.20 Å². The Kier molecular flexibility index (Phi) is 2.40. The van der Waals surface area contributed by atoms with E-state index >= 15 is 0 Å². The van der Waals surface area contributed by atoms with E-state index in [-0.39, 0.29) is 17.0 Å². The lowest BCUT2D eigenvalue weighted by molar-refractivity contribution is 0.370. The van der Waals surface area contributed by atoms with E-state index in [1.54, 1.807) is 0 Å². The minimum absolute atomic E-state index is 0.201. The highest BCUT2D eigenvalue weighted by atomic mass is 15.5. The number of nitrogens with zero attached hydrogens (tertiary/aromatic N) is 3. The molecule has 1 saturated carbocycles. The van der Waals surface area contributed by atoms with Crippen molar-refractivity contribution in [2.75, 3.05) is 9.80 Å². The summed E-state index contributed by atoms with van der Waals surface area (Å²) < 4.78 is 0. The molecular formula is C25H23N3. The van der Waals surface area contributed by atoms with Gasteiger partial charge in [-0.05, 0) is 41.3 Å². The quantitative estimate of drug-likeness (QED) is 0.498. The van der Waals surface area contributed by atoms with Crippen molar-refractivity contribution in [3.63, 3.8) is 0 Å². The summed E-state index contributed by atoms with van der Waals surface area (Å²) in [6.07, 6.45) is 3.50. The molecule has 4 unspecified atom stereocenters. The molecule has 4 heterocycles. The first-order valence-electron chi connectivity index (χ1n) is 10.3. The monoisotopic (exact) mass is 365 g/mol. The average Bonchev–Trinajstić information content (AvgIpc) is 3.14. The molecule has 0 amide bonds. The van der Waals surface area contributed by atoms with Crippen LogP contribution < -0.4 is 9.80 Å². The number of aromatic nitrogens is 1. The third-order valence-corrected chi connectivity index (χ3v) is 8.21. The van der Waals surface area contributed by atoms with Gasteiger partial charge in [0.15, 0.2) is 5.82 Å². The zero-order valence-corrected chi connectivity index (χ0v) is 16.5. The van der Waals surface area contributed by atoms with Crippen molar-refractivity contribution in [3.05, 3.63) is 77.5 Å². The summed E-state index contributed by atoms with van der Waals surface area (Å²) in [5.41, 5.74) is 8.77. The van der Waals surface area contributed by atoms with Crippen molar-refractivity contribution in [2.24, 2.45) is 5.41 Å². The van der Waals surface area contributed by atoms with Gasteiger partial charge in [0.25, 0.3) is 0 Å². The summed E-state index contributed by atoms with van der Waals surface area (Å²) in [5.74, 6) is 1.52. The van der Waals surface area contributed by atoms with Gasteiger partial charge in [-0.2, -0.15) is 0 Å². The van der Waals surface area contributed by atoms with Crippen LogP contribution in [0.5, 0.6) is 0 Å². The van der Waals surface area contributed by atoms with Gasteiger partial charge >= 0.3 is 0 Å². The van der Waals surface area contributed by atoms with E-state index in [0.717, 1.165) is 5.82 Å². The first kappa shape index (κ1) is 15.2. The summed E-state index contributed by atoms with van der Waals surface area (Å²) in [4.78, 5) is 10.1. The van der Waals surface area contributed by atoms with Crippen LogP contribution in [-0.2, 0) is 5.41 Å². The summed E-state index contributed by atoms with van der Waals surface area (Å²) >= 11 is 0. The first-order chi connectivity index (χ1) is 13.6. The molecule has 3 heteroatoms. The zero-order valence-electron chi connectivity index (χ0n) is 16.5. The van der Waals surface area contributed by atoms with Gasteiger partial charge in [-0.25, -0.2) is 4.98 Å². The van der Waals surface area contributed by atoms with Crippen molar-refractivity contribution in [2.45, 2.75) is 44.7 Å². The molecule has 1 fully saturated rings. The fourth-order valence-corrected chi connectivity index (χ4v) is 6.51. The number of fused-ring (bicyclic) bond motifs is 10. The van der Waals surface area contributed by atoms with Gasteiger partial charge in [-0.3, -0.25) is 0 Å². The van der Waals surface area contributed by atoms with Crippen LogP contribution in [0.1, 0.15) is 49.8 Å². The molecule has 3 aliphatic heterocycles. The summed E-state index contributed by atoms with van der Waals surface area (Å²) in [7, 11) is 0. The van der Waals surface area contributed by atoms with E-state index < -0.39 is 0 Å². The van der Waals surface area contributed by atoms with Crippen LogP contribution in [0.15, 0.2) is 60.8 Å². The summed E-state index contributed by atoms with van der Waals surface area (Å²) in [5, 5.41) is 0. The minimum Gasteiger partial charge on any atom is -0.316 e. The maximum Gasteiger partial charge on any atom is 0.159 e. The largest absolute Gasteiger partial charge is 0.316 e. The Balaban J connectivity index is 1.60. The number of hydrogen-bond donors (Lipinski definition) is 0. The highest BCUT2D eigenvalue weighted by Crippen LogP contribution is 2.75. The highest BCUT2D eigenvalue weighted by molar-refractivity contribution is 5.94. The molecule has 1 aliphatic carbocycles. The molecule has 1 aromatic heterocycles. The number of anilines is 4. The van der Waals surface area contributed by atoms with Crippen molar-refractivity contribution >= 4 is 22.9 Å².